The molecule has 0 aliphatic heterocycles. The summed E-state index contributed by atoms with van der Waals surface area (Å²) in [6.07, 6.45) is 2.89. The second kappa shape index (κ2) is 6.52. The lowest BCUT2D eigenvalue weighted by molar-refractivity contribution is -0.114. The summed E-state index contributed by atoms with van der Waals surface area (Å²) >= 11 is 1.73. The highest BCUT2D eigenvalue weighted by Crippen LogP contribution is 2.21. The minimum Gasteiger partial charge on any atom is -0.380 e. The molecule has 1 aromatic carbocycles. The number of aryl methyl sites for hydroxylation is 2. The molecule has 0 atom stereocenters. The number of amides is 1. The van der Waals surface area contributed by atoms with Gasteiger partial charge in [0.1, 0.15) is 0 Å². The normalized spacial score (nSPS) is 10.3. The third-order valence-corrected chi connectivity index (χ3v) is 4.06. The molecule has 0 spiro atoms. The summed E-state index contributed by atoms with van der Waals surface area (Å²) in [4.78, 5) is 16.7. The zero-order valence-corrected chi connectivity index (χ0v) is 12.8. The number of thiazole rings is 1. The summed E-state index contributed by atoms with van der Waals surface area (Å²) in [5.41, 5.74) is 2.89. The van der Waals surface area contributed by atoms with Crippen LogP contribution in [-0.2, 0) is 17.8 Å². The molecule has 2 rings (SSSR count). The van der Waals surface area contributed by atoms with E-state index >= 15 is 0 Å². The Labute approximate surface area is 123 Å². The van der Waals surface area contributed by atoms with E-state index in [1.807, 2.05) is 31.3 Å². The Morgan fingerprint density at radius 3 is 2.85 bits per heavy atom. The molecule has 2 N–H and O–H groups in total. The van der Waals surface area contributed by atoms with Crippen LogP contribution in [0, 0.1) is 6.92 Å². The molecule has 2 aromatic rings. The highest BCUT2D eigenvalue weighted by atomic mass is 32.1. The number of carbonyl (C=O) groups is 1. The molecule has 0 aliphatic rings. The van der Waals surface area contributed by atoms with Crippen molar-refractivity contribution in [1.29, 1.82) is 0 Å². The first kappa shape index (κ1) is 14.5. The number of aromatic nitrogens is 1. The number of nitrogens with zero attached hydrogens (tertiary/aromatic N) is 1. The van der Waals surface area contributed by atoms with E-state index in [1.165, 1.54) is 11.8 Å². The molecule has 5 heteroatoms. The van der Waals surface area contributed by atoms with Crippen LogP contribution in [0.4, 0.5) is 11.4 Å². The molecule has 4 nitrogen and oxygen atoms in total. The Morgan fingerprint density at radius 2 is 2.20 bits per heavy atom. The maximum atomic E-state index is 11.2. The van der Waals surface area contributed by atoms with Gasteiger partial charge in [0.05, 0.1) is 11.6 Å². The first-order valence-corrected chi connectivity index (χ1v) is 7.46. The van der Waals surface area contributed by atoms with Crippen molar-refractivity contribution in [1.82, 2.24) is 4.98 Å². The van der Waals surface area contributed by atoms with E-state index in [0.29, 0.717) is 0 Å². The summed E-state index contributed by atoms with van der Waals surface area (Å²) in [7, 11) is 0. The highest BCUT2D eigenvalue weighted by molar-refractivity contribution is 7.11. The standard InChI is InChI=1S/C15H19N3OS/c1-4-15-17-9-13(20-15)8-16-12-6-5-10(2)14(7-12)18-11(3)19/h5-7,9,16H,4,8H2,1-3H3,(H,18,19). The lowest BCUT2D eigenvalue weighted by Crippen LogP contribution is -2.08. The van der Waals surface area contributed by atoms with Gasteiger partial charge >= 0.3 is 0 Å². The Hall–Kier alpha value is -1.88. The Bertz CT molecular complexity index is 607. The van der Waals surface area contributed by atoms with Crippen LogP contribution in [0.3, 0.4) is 0 Å². The fourth-order valence-corrected chi connectivity index (χ4v) is 2.64. The molecule has 1 amide bonds. The van der Waals surface area contributed by atoms with Gasteiger partial charge in [-0.25, -0.2) is 4.98 Å². The second-order valence-electron chi connectivity index (χ2n) is 4.64. The van der Waals surface area contributed by atoms with E-state index in [1.54, 1.807) is 11.3 Å². The summed E-state index contributed by atoms with van der Waals surface area (Å²) in [5, 5.41) is 7.35. The SMILES string of the molecule is CCc1ncc(CNc2ccc(C)c(NC(C)=O)c2)s1. The van der Waals surface area contributed by atoms with Crippen molar-refractivity contribution in [3.05, 3.63) is 39.8 Å². The van der Waals surface area contributed by atoms with Crippen molar-refractivity contribution in [2.24, 2.45) is 0 Å². The van der Waals surface area contributed by atoms with Gasteiger partial charge in [-0.2, -0.15) is 0 Å². The maximum Gasteiger partial charge on any atom is 0.221 e. The van der Waals surface area contributed by atoms with Crippen molar-refractivity contribution in [2.75, 3.05) is 10.6 Å². The van der Waals surface area contributed by atoms with E-state index in [0.717, 1.165) is 34.9 Å². The Kier molecular flexibility index (Phi) is 4.74. The van der Waals surface area contributed by atoms with Gasteiger partial charge in [-0.1, -0.05) is 13.0 Å². The summed E-state index contributed by atoms with van der Waals surface area (Å²) in [5.74, 6) is -0.0553. The number of rotatable bonds is 5. The van der Waals surface area contributed by atoms with Crippen LogP contribution in [0.2, 0.25) is 0 Å². The number of hydrogen-bond acceptors (Lipinski definition) is 4. The molecule has 0 saturated carbocycles. The van der Waals surface area contributed by atoms with E-state index in [9.17, 15) is 4.79 Å². The number of nitrogens with one attached hydrogen (secondary N) is 2. The topological polar surface area (TPSA) is 54.0 Å². The predicted octanol–water partition coefficient (Wildman–Crippen LogP) is 3.58. The number of anilines is 2. The third-order valence-electron chi connectivity index (χ3n) is 2.92. The number of benzene rings is 1. The fraction of sp³-hybridized carbons (Fsp3) is 0.333. The molecule has 20 heavy (non-hydrogen) atoms. The van der Waals surface area contributed by atoms with Gasteiger partial charge < -0.3 is 10.6 Å². The zero-order valence-electron chi connectivity index (χ0n) is 12.0. The second-order valence-corrected chi connectivity index (χ2v) is 5.84. The van der Waals surface area contributed by atoms with Crippen LogP contribution in [0.1, 0.15) is 29.3 Å². The van der Waals surface area contributed by atoms with Gasteiger partial charge in [0.2, 0.25) is 5.91 Å². The van der Waals surface area contributed by atoms with Gasteiger partial charge in [-0.3, -0.25) is 4.79 Å². The quantitative estimate of drug-likeness (QED) is 0.884. The average Bonchev–Trinajstić information content (AvgIpc) is 2.87. The minimum absolute atomic E-state index is 0.0553. The van der Waals surface area contributed by atoms with Crippen LogP contribution < -0.4 is 10.6 Å². The van der Waals surface area contributed by atoms with Gasteiger partial charge in [-0.15, -0.1) is 11.3 Å². The maximum absolute atomic E-state index is 11.2. The highest BCUT2D eigenvalue weighted by Gasteiger charge is 2.04. The zero-order chi connectivity index (χ0) is 14.5. The van der Waals surface area contributed by atoms with E-state index in [4.69, 9.17) is 0 Å². The van der Waals surface area contributed by atoms with Crippen molar-refractivity contribution >= 4 is 28.6 Å². The predicted molar refractivity (Wildman–Crippen MR) is 84.3 cm³/mol. The van der Waals surface area contributed by atoms with E-state index in [2.05, 4.69) is 22.5 Å². The molecule has 0 saturated heterocycles. The third kappa shape index (κ3) is 3.81. The monoisotopic (exact) mass is 289 g/mol. The molecular formula is C15H19N3OS. The molecular weight excluding hydrogens is 270 g/mol. The summed E-state index contributed by atoms with van der Waals surface area (Å²) in [6.45, 7) is 6.35. The summed E-state index contributed by atoms with van der Waals surface area (Å²) < 4.78 is 0. The van der Waals surface area contributed by atoms with Crippen LogP contribution in [0.25, 0.3) is 0 Å². The van der Waals surface area contributed by atoms with Gasteiger partial charge in [-0.05, 0) is 31.0 Å². The van der Waals surface area contributed by atoms with Gasteiger partial charge in [0, 0.05) is 29.4 Å². The van der Waals surface area contributed by atoms with E-state index in [-0.39, 0.29) is 5.91 Å². The molecule has 0 fully saturated rings. The Balaban J connectivity index is 2.03. The molecule has 1 aromatic heterocycles. The van der Waals surface area contributed by atoms with Crippen LogP contribution in [0.5, 0.6) is 0 Å². The first-order chi connectivity index (χ1) is 9.58. The largest absolute Gasteiger partial charge is 0.380 e. The van der Waals surface area contributed by atoms with Crippen molar-refractivity contribution < 1.29 is 4.79 Å². The van der Waals surface area contributed by atoms with Gasteiger partial charge in [0.15, 0.2) is 0 Å². The Morgan fingerprint density at radius 1 is 1.40 bits per heavy atom. The van der Waals surface area contributed by atoms with Crippen molar-refractivity contribution in [2.45, 2.75) is 33.7 Å². The molecule has 106 valence electrons. The first-order valence-electron chi connectivity index (χ1n) is 6.64. The van der Waals surface area contributed by atoms with Crippen LogP contribution >= 0.6 is 11.3 Å². The fourth-order valence-electron chi connectivity index (χ4n) is 1.84. The number of carbonyl (C=O) groups excluding carboxylic acids is 1. The lowest BCUT2D eigenvalue weighted by atomic mass is 10.1. The smallest absolute Gasteiger partial charge is 0.221 e. The van der Waals surface area contributed by atoms with Crippen molar-refractivity contribution in [3.8, 4) is 0 Å². The minimum atomic E-state index is -0.0553. The molecule has 1 heterocycles. The lowest BCUT2D eigenvalue weighted by Gasteiger charge is -2.10. The van der Waals surface area contributed by atoms with Crippen LogP contribution in [0.15, 0.2) is 24.4 Å². The van der Waals surface area contributed by atoms with Crippen LogP contribution in [-0.4, -0.2) is 10.9 Å². The average molecular weight is 289 g/mol. The molecule has 0 bridgehead atoms. The number of hydrogen-bond donors (Lipinski definition) is 2. The summed E-state index contributed by atoms with van der Waals surface area (Å²) in [6, 6.07) is 5.97. The van der Waals surface area contributed by atoms with Gasteiger partial charge in [0.25, 0.3) is 0 Å². The molecule has 0 radical (unpaired) electrons. The molecule has 0 aliphatic carbocycles. The molecule has 0 unspecified atom stereocenters. The van der Waals surface area contributed by atoms with Crippen molar-refractivity contribution in [3.63, 3.8) is 0 Å². The van der Waals surface area contributed by atoms with E-state index < -0.39 is 0 Å².